The smallest absolute Gasteiger partial charge is 0.223 e. The molecule has 2 aliphatic rings. The molecule has 0 saturated carbocycles. The van der Waals surface area contributed by atoms with Crippen LogP contribution in [0.15, 0.2) is 4.52 Å². The number of carbonyl (C=O) groups excluding carboxylic acids is 1. The molecule has 0 bridgehead atoms. The van der Waals surface area contributed by atoms with Gasteiger partial charge in [-0.05, 0) is 26.3 Å². The number of carbonyl (C=O) groups is 1. The molecular formula is C16H26N4O4S. The van der Waals surface area contributed by atoms with Gasteiger partial charge < -0.3 is 14.3 Å². The van der Waals surface area contributed by atoms with Crippen LogP contribution in [0.3, 0.4) is 0 Å². The van der Waals surface area contributed by atoms with E-state index in [9.17, 15) is 13.2 Å². The number of amides is 1. The maximum absolute atomic E-state index is 12.4. The van der Waals surface area contributed by atoms with Crippen LogP contribution in [-0.4, -0.2) is 78.5 Å². The standard InChI is InChI=1S/C16H26N4O4S/c1-12-17-16(18-24-12)13-3-8-20(9-4-13)15(21)5-7-19(2)14-6-10-25(22,23)11-14/h13-14H,3-11H2,1-2H3. The third-order valence-corrected chi connectivity index (χ3v) is 7.02. The molecule has 3 heterocycles. The number of piperidine rings is 1. The maximum atomic E-state index is 12.4. The summed E-state index contributed by atoms with van der Waals surface area (Å²) in [5.74, 6) is 2.19. The molecule has 1 atom stereocenters. The van der Waals surface area contributed by atoms with E-state index in [0.29, 0.717) is 38.4 Å². The summed E-state index contributed by atoms with van der Waals surface area (Å²) in [6.45, 7) is 3.79. The average molecular weight is 370 g/mol. The molecule has 1 amide bonds. The number of aryl methyl sites for hydroxylation is 1. The largest absolute Gasteiger partial charge is 0.343 e. The van der Waals surface area contributed by atoms with Gasteiger partial charge in [0.05, 0.1) is 11.5 Å². The van der Waals surface area contributed by atoms with Crippen molar-refractivity contribution in [1.29, 1.82) is 0 Å². The van der Waals surface area contributed by atoms with Gasteiger partial charge in [0.25, 0.3) is 0 Å². The van der Waals surface area contributed by atoms with Gasteiger partial charge in [0.15, 0.2) is 15.7 Å². The monoisotopic (exact) mass is 370 g/mol. The zero-order valence-corrected chi connectivity index (χ0v) is 15.7. The molecule has 140 valence electrons. The van der Waals surface area contributed by atoms with Crippen molar-refractivity contribution in [3.8, 4) is 0 Å². The van der Waals surface area contributed by atoms with Gasteiger partial charge in [0, 0.05) is 44.9 Å². The quantitative estimate of drug-likeness (QED) is 0.748. The molecular weight excluding hydrogens is 344 g/mol. The van der Waals surface area contributed by atoms with E-state index in [1.165, 1.54) is 0 Å². The van der Waals surface area contributed by atoms with E-state index in [2.05, 4.69) is 10.1 Å². The summed E-state index contributed by atoms with van der Waals surface area (Å²) in [7, 11) is -0.980. The second-order valence-electron chi connectivity index (χ2n) is 7.11. The molecule has 2 fully saturated rings. The van der Waals surface area contributed by atoms with Gasteiger partial charge in [-0.1, -0.05) is 5.16 Å². The molecule has 25 heavy (non-hydrogen) atoms. The van der Waals surface area contributed by atoms with Crippen LogP contribution in [0.25, 0.3) is 0 Å². The summed E-state index contributed by atoms with van der Waals surface area (Å²) in [5.41, 5.74) is 0. The van der Waals surface area contributed by atoms with Crippen LogP contribution >= 0.6 is 0 Å². The lowest BCUT2D eigenvalue weighted by Gasteiger charge is -2.31. The molecule has 9 heteroatoms. The summed E-state index contributed by atoms with van der Waals surface area (Å²) in [6, 6.07) is 0.0463. The van der Waals surface area contributed by atoms with Crippen LogP contribution in [0.2, 0.25) is 0 Å². The molecule has 1 unspecified atom stereocenters. The number of rotatable bonds is 5. The topological polar surface area (TPSA) is 96.6 Å². The molecule has 0 aliphatic carbocycles. The van der Waals surface area contributed by atoms with Gasteiger partial charge in [-0.25, -0.2) is 8.42 Å². The second-order valence-corrected chi connectivity index (χ2v) is 9.34. The normalized spacial score (nSPS) is 24.1. The fraction of sp³-hybridized carbons (Fsp3) is 0.812. The number of nitrogens with zero attached hydrogens (tertiary/aromatic N) is 4. The molecule has 2 saturated heterocycles. The fourth-order valence-electron chi connectivity index (χ4n) is 3.60. The van der Waals surface area contributed by atoms with Crippen LogP contribution in [0, 0.1) is 6.92 Å². The van der Waals surface area contributed by atoms with E-state index in [1.807, 2.05) is 16.8 Å². The van der Waals surface area contributed by atoms with E-state index >= 15 is 0 Å². The molecule has 3 rings (SSSR count). The van der Waals surface area contributed by atoms with Crippen molar-refractivity contribution in [2.45, 2.75) is 44.6 Å². The summed E-state index contributed by atoms with van der Waals surface area (Å²) < 4.78 is 28.2. The van der Waals surface area contributed by atoms with Crippen LogP contribution < -0.4 is 0 Å². The number of aromatic nitrogens is 2. The first-order chi connectivity index (χ1) is 11.8. The Hall–Kier alpha value is -1.48. The van der Waals surface area contributed by atoms with Gasteiger partial charge in [-0.2, -0.15) is 4.98 Å². The van der Waals surface area contributed by atoms with Crippen LogP contribution in [-0.2, 0) is 14.6 Å². The molecule has 0 radical (unpaired) electrons. The number of hydrogen-bond acceptors (Lipinski definition) is 7. The number of hydrogen-bond donors (Lipinski definition) is 0. The Morgan fingerprint density at radius 3 is 2.60 bits per heavy atom. The van der Waals surface area contributed by atoms with Crippen molar-refractivity contribution in [1.82, 2.24) is 19.9 Å². The minimum absolute atomic E-state index is 0.0463. The zero-order valence-electron chi connectivity index (χ0n) is 14.8. The predicted octanol–water partition coefficient (Wildman–Crippen LogP) is 0.593. The third-order valence-electron chi connectivity index (χ3n) is 5.27. The lowest BCUT2D eigenvalue weighted by molar-refractivity contribution is -0.132. The van der Waals surface area contributed by atoms with Crippen molar-refractivity contribution in [3.05, 3.63) is 11.7 Å². The Labute approximate surface area is 148 Å². The SMILES string of the molecule is Cc1nc(C2CCN(C(=O)CCN(C)C3CCS(=O)(=O)C3)CC2)no1. The summed E-state index contributed by atoms with van der Waals surface area (Å²) in [4.78, 5) is 20.6. The molecule has 0 spiro atoms. The molecule has 1 aromatic heterocycles. The minimum Gasteiger partial charge on any atom is -0.343 e. The van der Waals surface area contributed by atoms with E-state index in [1.54, 1.807) is 6.92 Å². The van der Waals surface area contributed by atoms with E-state index < -0.39 is 9.84 Å². The van der Waals surface area contributed by atoms with E-state index in [-0.39, 0.29) is 29.4 Å². The van der Waals surface area contributed by atoms with E-state index in [4.69, 9.17) is 4.52 Å². The number of likely N-dealkylation sites (tertiary alicyclic amines) is 1. The highest BCUT2D eigenvalue weighted by Crippen LogP contribution is 2.26. The first-order valence-corrected chi connectivity index (χ1v) is 10.6. The molecule has 2 aliphatic heterocycles. The van der Waals surface area contributed by atoms with Crippen molar-refractivity contribution < 1.29 is 17.7 Å². The van der Waals surface area contributed by atoms with Crippen LogP contribution in [0.1, 0.15) is 43.3 Å². The Bertz CT molecular complexity index is 709. The predicted molar refractivity (Wildman–Crippen MR) is 91.9 cm³/mol. The first kappa shape index (κ1) is 18.3. The Balaban J connectivity index is 1.42. The highest BCUT2D eigenvalue weighted by Gasteiger charge is 2.31. The molecule has 1 aromatic rings. The first-order valence-electron chi connectivity index (χ1n) is 8.83. The van der Waals surface area contributed by atoms with Gasteiger partial charge in [0.1, 0.15) is 0 Å². The zero-order chi connectivity index (χ0) is 18.0. The average Bonchev–Trinajstić information content (AvgIpc) is 3.18. The van der Waals surface area contributed by atoms with Gasteiger partial charge in [0.2, 0.25) is 11.8 Å². The summed E-state index contributed by atoms with van der Waals surface area (Å²) >= 11 is 0. The van der Waals surface area contributed by atoms with Gasteiger partial charge in [-0.15, -0.1) is 0 Å². The fourth-order valence-corrected chi connectivity index (χ4v) is 5.41. The Morgan fingerprint density at radius 1 is 1.32 bits per heavy atom. The lowest BCUT2D eigenvalue weighted by atomic mass is 9.96. The highest BCUT2D eigenvalue weighted by atomic mass is 32.2. The van der Waals surface area contributed by atoms with E-state index in [0.717, 1.165) is 18.7 Å². The van der Waals surface area contributed by atoms with Crippen molar-refractivity contribution >= 4 is 15.7 Å². The van der Waals surface area contributed by atoms with Crippen molar-refractivity contribution in [2.24, 2.45) is 0 Å². The third kappa shape index (κ3) is 4.58. The minimum atomic E-state index is -2.89. The Morgan fingerprint density at radius 2 is 2.04 bits per heavy atom. The molecule has 0 aromatic carbocycles. The summed E-state index contributed by atoms with van der Waals surface area (Å²) in [5, 5.41) is 3.98. The number of sulfone groups is 1. The van der Waals surface area contributed by atoms with Crippen LogP contribution in [0.5, 0.6) is 0 Å². The lowest BCUT2D eigenvalue weighted by Crippen LogP contribution is -2.41. The highest BCUT2D eigenvalue weighted by molar-refractivity contribution is 7.91. The maximum Gasteiger partial charge on any atom is 0.223 e. The second kappa shape index (κ2) is 7.41. The van der Waals surface area contributed by atoms with Gasteiger partial charge in [-0.3, -0.25) is 4.79 Å². The summed E-state index contributed by atoms with van der Waals surface area (Å²) in [6.07, 6.45) is 2.80. The molecule has 8 nitrogen and oxygen atoms in total. The van der Waals surface area contributed by atoms with Gasteiger partial charge >= 0.3 is 0 Å². The molecule has 0 N–H and O–H groups in total. The van der Waals surface area contributed by atoms with Crippen molar-refractivity contribution in [3.63, 3.8) is 0 Å². The van der Waals surface area contributed by atoms with Crippen LogP contribution in [0.4, 0.5) is 0 Å². The van der Waals surface area contributed by atoms with Crippen molar-refractivity contribution in [2.75, 3.05) is 38.2 Å². The Kier molecular flexibility index (Phi) is 5.43.